The summed E-state index contributed by atoms with van der Waals surface area (Å²) in [6, 6.07) is -0.854. The molecule has 486 valence electrons. The summed E-state index contributed by atoms with van der Waals surface area (Å²) >= 11 is 0. The van der Waals surface area contributed by atoms with E-state index in [1.165, 1.54) is 218 Å². The molecule has 0 spiro atoms. The molecule has 0 aliphatic heterocycles. The number of esters is 1. The summed E-state index contributed by atoms with van der Waals surface area (Å²) < 4.78 is 30.8. The number of rotatable bonds is 65. The second kappa shape index (κ2) is 62.8. The van der Waals surface area contributed by atoms with Gasteiger partial charge < -0.3 is 19.4 Å². The van der Waals surface area contributed by atoms with Crippen molar-refractivity contribution >= 4 is 19.7 Å². The molecule has 9 nitrogen and oxygen atoms in total. The highest BCUT2D eigenvalue weighted by atomic mass is 31.2. The van der Waals surface area contributed by atoms with Gasteiger partial charge in [-0.3, -0.25) is 18.6 Å². The Morgan fingerprint density at radius 1 is 0.422 bits per heavy atom. The molecule has 0 aromatic carbocycles. The third-order valence-electron chi connectivity index (χ3n) is 16.0. The first-order valence-electron chi connectivity index (χ1n) is 35.6. The van der Waals surface area contributed by atoms with E-state index in [1.54, 1.807) is 0 Å². The molecule has 0 heterocycles. The van der Waals surface area contributed by atoms with Crippen LogP contribution in [0.4, 0.5) is 0 Å². The Bertz CT molecular complexity index is 1600. The Balaban J connectivity index is 5.04. The lowest BCUT2D eigenvalue weighted by Crippen LogP contribution is -2.47. The van der Waals surface area contributed by atoms with Gasteiger partial charge >= 0.3 is 13.8 Å². The summed E-state index contributed by atoms with van der Waals surface area (Å²) in [6.07, 6.45) is 80.9. The number of ether oxygens (including phenoxy) is 1. The fourth-order valence-electron chi connectivity index (χ4n) is 10.5. The molecule has 10 heteroatoms. The van der Waals surface area contributed by atoms with Crippen molar-refractivity contribution in [2.45, 2.75) is 354 Å². The van der Waals surface area contributed by atoms with E-state index >= 15 is 0 Å². The maximum atomic E-state index is 13.6. The zero-order chi connectivity index (χ0) is 60.7. The summed E-state index contributed by atoms with van der Waals surface area (Å²) in [6.45, 7) is 7.02. The molecule has 0 fully saturated rings. The summed E-state index contributed by atoms with van der Waals surface area (Å²) in [4.78, 5) is 37.9. The number of carbonyl (C=O) groups is 2. The van der Waals surface area contributed by atoms with Crippen molar-refractivity contribution in [1.29, 1.82) is 0 Å². The molecular formula is C73H138N2O7P+. The van der Waals surface area contributed by atoms with Crippen LogP contribution in [-0.2, 0) is 27.9 Å². The molecule has 0 bridgehead atoms. The fraction of sp³-hybridized carbons (Fsp3) is 0.836. The number of carbonyl (C=O) groups excluding carboxylic acids is 2. The zero-order valence-corrected chi connectivity index (χ0v) is 56.6. The van der Waals surface area contributed by atoms with Crippen molar-refractivity contribution in [2.75, 3.05) is 40.9 Å². The number of amides is 1. The number of nitrogens with one attached hydrogen (secondary N) is 1. The number of nitrogens with zero attached hydrogens (tertiary/aromatic N) is 1. The SMILES string of the molecule is CCCCC/C=C\C/C=C\C/C=C\C/C=C\CCCCCCCCCC(=O)NC(COP(=O)(O)OCC[N+](C)(C)C)C(/C=C/CCCCCCCCCCC)OC(=O)CCCCCCCCCCCCCCCCCCCCCCCCC. The number of hydrogen-bond donors (Lipinski definition) is 2. The van der Waals surface area contributed by atoms with Crippen LogP contribution in [0.1, 0.15) is 342 Å². The second-order valence-corrected chi connectivity index (χ2v) is 26.9. The Morgan fingerprint density at radius 3 is 1.12 bits per heavy atom. The molecule has 0 aromatic heterocycles. The third kappa shape index (κ3) is 64.0. The van der Waals surface area contributed by atoms with Crippen LogP contribution in [-0.4, -0.2) is 74.3 Å². The Hall–Kier alpha value is -2.29. The molecule has 0 aliphatic rings. The molecule has 3 atom stereocenters. The number of likely N-dealkylation sites (N-methyl/N-ethyl adjacent to an activating group) is 1. The van der Waals surface area contributed by atoms with Gasteiger partial charge in [-0.1, -0.05) is 313 Å². The van der Waals surface area contributed by atoms with E-state index in [0.717, 1.165) is 89.9 Å². The van der Waals surface area contributed by atoms with Gasteiger partial charge in [-0.05, 0) is 76.7 Å². The van der Waals surface area contributed by atoms with Crippen LogP contribution in [0.25, 0.3) is 0 Å². The highest BCUT2D eigenvalue weighted by Gasteiger charge is 2.30. The van der Waals surface area contributed by atoms with Gasteiger partial charge in [-0.25, -0.2) is 4.57 Å². The largest absolute Gasteiger partial charge is 0.472 e. The fourth-order valence-corrected chi connectivity index (χ4v) is 11.2. The van der Waals surface area contributed by atoms with E-state index in [0.29, 0.717) is 23.9 Å². The molecule has 0 saturated carbocycles. The number of allylic oxidation sites excluding steroid dienone is 9. The van der Waals surface area contributed by atoms with Crippen molar-refractivity contribution < 1.29 is 37.3 Å². The minimum Gasteiger partial charge on any atom is -0.456 e. The molecule has 83 heavy (non-hydrogen) atoms. The lowest BCUT2D eigenvalue weighted by Gasteiger charge is -2.27. The van der Waals surface area contributed by atoms with E-state index in [1.807, 2.05) is 33.3 Å². The number of quaternary nitrogens is 1. The van der Waals surface area contributed by atoms with Gasteiger partial charge in [-0.2, -0.15) is 0 Å². The quantitative estimate of drug-likeness (QED) is 0.0205. The van der Waals surface area contributed by atoms with Crippen molar-refractivity contribution in [2.24, 2.45) is 0 Å². The van der Waals surface area contributed by atoms with Crippen molar-refractivity contribution in [3.05, 3.63) is 60.8 Å². The Labute approximate surface area is 515 Å². The summed E-state index contributed by atoms with van der Waals surface area (Å²) in [5.41, 5.74) is 0. The summed E-state index contributed by atoms with van der Waals surface area (Å²) in [7, 11) is 1.50. The Kier molecular flexibility index (Phi) is 61.0. The molecule has 0 rings (SSSR count). The zero-order valence-electron chi connectivity index (χ0n) is 55.7. The molecule has 0 aromatic rings. The smallest absolute Gasteiger partial charge is 0.456 e. The van der Waals surface area contributed by atoms with Gasteiger partial charge in [0, 0.05) is 12.8 Å². The number of phosphoric ester groups is 1. The first-order valence-corrected chi connectivity index (χ1v) is 37.1. The highest BCUT2D eigenvalue weighted by Crippen LogP contribution is 2.43. The number of phosphoric acid groups is 1. The van der Waals surface area contributed by atoms with Gasteiger partial charge in [-0.15, -0.1) is 0 Å². The van der Waals surface area contributed by atoms with Crippen LogP contribution in [0.2, 0.25) is 0 Å². The number of hydrogen-bond acceptors (Lipinski definition) is 6. The van der Waals surface area contributed by atoms with Crippen LogP contribution in [0.15, 0.2) is 60.8 Å². The van der Waals surface area contributed by atoms with E-state index < -0.39 is 20.0 Å². The molecule has 3 unspecified atom stereocenters. The van der Waals surface area contributed by atoms with Gasteiger partial charge in [0.15, 0.2) is 0 Å². The lowest BCUT2D eigenvalue weighted by atomic mass is 10.0. The molecular weight excluding hydrogens is 1050 g/mol. The summed E-state index contributed by atoms with van der Waals surface area (Å²) in [5, 5.41) is 3.07. The Morgan fingerprint density at radius 2 is 0.735 bits per heavy atom. The minimum absolute atomic E-state index is 0.0380. The maximum absolute atomic E-state index is 13.6. The van der Waals surface area contributed by atoms with Crippen LogP contribution in [0, 0.1) is 0 Å². The monoisotopic (exact) mass is 1190 g/mol. The standard InChI is InChI=1S/C73H137N2O7P/c1-7-10-13-16-19-22-25-27-29-31-33-35-37-39-41-43-45-47-50-53-56-59-62-65-72(76)74-70(69-81-83(78,79)80-68-67-75(4,5)6)71(64-61-58-55-52-49-24-21-18-15-12-9-3)82-73(77)66-63-60-57-54-51-48-46-44-42-40-38-36-34-32-30-28-26-23-20-17-14-11-8-2/h19,22,27,29,33,35,39,41,61,64,70-71H,7-18,20-21,23-26,28,30-32,34,36-38,40,42-60,62-63,65-69H2,1-6H3,(H-,74,76,78,79)/p+1/b22-19-,29-27-,35-33-,41-39-,64-61+. The van der Waals surface area contributed by atoms with Crippen molar-refractivity contribution in [3.8, 4) is 0 Å². The van der Waals surface area contributed by atoms with Crippen LogP contribution in [0.5, 0.6) is 0 Å². The maximum Gasteiger partial charge on any atom is 0.472 e. The van der Waals surface area contributed by atoms with Crippen LogP contribution in [0.3, 0.4) is 0 Å². The number of unbranched alkanes of at least 4 members (excludes halogenated alkanes) is 41. The van der Waals surface area contributed by atoms with Crippen LogP contribution >= 0.6 is 7.82 Å². The van der Waals surface area contributed by atoms with Crippen LogP contribution < -0.4 is 5.32 Å². The molecule has 0 saturated heterocycles. The van der Waals surface area contributed by atoms with Gasteiger partial charge in [0.1, 0.15) is 19.3 Å². The second-order valence-electron chi connectivity index (χ2n) is 25.4. The first-order chi connectivity index (χ1) is 40.4. The van der Waals surface area contributed by atoms with E-state index in [2.05, 4.69) is 74.7 Å². The van der Waals surface area contributed by atoms with Gasteiger partial charge in [0.25, 0.3) is 0 Å². The average molecular weight is 1190 g/mol. The highest BCUT2D eigenvalue weighted by molar-refractivity contribution is 7.47. The minimum atomic E-state index is -4.46. The molecule has 0 aliphatic carbocycles. The first kappa shape index (κ1) is 80.7. The average Bonchev–Trinajstić information content (AvgIpc) is 3.51. The predicted octanol–water partition coefficient (Wildman–Crippen LogP) is 22.6. The van der Waals surface area contributed by atoms with Gasteiger partial charge in [0.05, 0.1) is 33.8 Å². The third-order valence-corrected chi connectivity index (χ3v) is 16.9. The molecule has 1 amide bonds. The van der Waals surface area contributed by atoms with E-state index in [-0.39, 0.29) is 25.1 Å². The predicted molar refractivity (Wildman–Crippen MR) is 360 cm³/mol. The normalized spacial score (nSPS) is 13.9. The van der Waals surface area contributed by atoms with Crippen molar-refractivity contribution in [3.63, 3.8) is 0 Å². The topological polar surface area (TPSA) is 111 Å². The van der Waals surface area contributed by atoms with E-state index in [4.69, 9.17) is 13.8 Å². The van der Waals surface area contributed by atoms with E-state index in [9.17, 15) is 19.0 Å². The lowest BCUT2D eigenvalue weighted by molar-refractivity contribution is -0.870. The van der Waals surface area contributed by atoms with Crippen molar-refractivity contribution in [1.82, 2.24) is 5.32 Å². The molecule has 0 radical (unpaired) electrons. The molecule has 2 N–H and O–H groups in total. The van der Waals surface area contributed by atoms with Gasteiger partial charge in [0.2, 0.25) is 5.91 Å². The summed E-state index contributed by atoms with van der Waals surface area (Å²) in [5.74, 6) is -0.504.